The number of pyridine rings is 1. The first-order valence-corrected chi connectivity index (χ1v) is 10.7. The summed E-state index contributed by atoms with van der Waals surface area (Å²) in [5.41, 5.74) is 1.00. The maximum absolute atomic E-state index is 12.7. The summed E-state index contributed by atoms with van der Waals surface area (Å²) in [6.45, 7) is 2.62. The number of hydrogen-bond acceptors (Lipinski definition) is 5. The molecule has 0 spiro atoms. The van der Waals surface area contributed by atoms with Gasteiger partial charge in [-0.3, -0.25) is 4.79 Å². The highest BCUT2D eigenvalue weighted by atomic mass is 32.2. The maximum Gasteiger partial charge on any atom is 0.240 e. The molecule has 26 heavy (non-hydrogen) atoms. The molecule has 2 aromatic rings. The number of hydrogen-bond donors (Lipinski definition) is 1. The molecular weight excluding hydrogens is 354 g/mol. The van der Waals surface area contributed by atoms with Gasteiger partial charge in [0.15, 0.2) is 9.84 Å². The molecule has 0 aliphatic carbocycles. The minimum Gasteiger partial charge on any atom is -0.372 e. The zero-order valence-corrected chi connectivity index (χ0v) is 15.6. The largest absolute Gasteiger partial charge is 0.372 e. The van der Waals surface area contributed by atoms with Crippen molar-refractivity contribution < 1.29 is 17.9 Å². The number of carbonyl (C=O) groups is 1. The summed E-state index contributed by atoms with van der Waals surface area (Å²) in [4.78, 5) is 17.1. The van der Waals surface area contributed by atoms with Crippen LogP contribution in [0.2, 0.25) is 0 Å². The van der Waals surface area contributed by atoms with Crippen molar-refractivity contribution in [1.29, 1.82) is 0 Å². The van der Waals surface area contributed by atoms with Crippen molar-refractivity contribution in [3.63, 3.8) is 0 Å². The molecule has 7 nitrogen and oxygen atoms in total. The van der Waals surface area contributed by atoms with E-state index in [1.54, 1.807) is 13.1 Å². The third kappa shape index (κ3) is 3.35. The average Bonchev–Trinajstić information content (AvgIpc) is 3.26. The van der Waals surface area contributed by atoms with Gasteiger partial charge in [0.1, 0.15) is 12.2 Å². The van der Waals surface area contributed by atoms with Crippen molar-refractivity contribution in [2.24, 2.45) is 0 Å². The Hall–Kier alpha value is -1.93. The maximum atomic E-state index is 12.7. The van der Waals surface area contributed by atoms with Gasteiger partial charge in [-0.1, -0.05) is 0 Å². The van der Waals surface area contributed by atoms with Gasteiger partial charge >= 0.3 is 0 Å². The van der Waals surface area contributed by atoms with Crippen molar-refractivity contribution >= 4 is 26.8 Å². The number of nitrogens with one attached hydrogen (secondary N) is 1. The Bertz CT molecular complexity index is 946. The van der Waals surface area contributed by atoms with E-state index in [4.69, 9.17) is 4.74 Å². The molecule has 2 aliphatic heterocycles. The van der Waals surface area contributed by atoms with E-state index in [1.165, 1.54) is 0 Å². The van der Waals surface area contributed by atoms with Crippen molar-refractivity contribution in [2.45, 2.75) is 44.4 Å². The van der Waals surface area contributed by atoms with Gasteiger partial charge in [-0.2, -0.15) is 0 Å². The molecule has 0 saturated carbocycles. The second-order valence-corrected chi connectivity index (χ2v) is 9.71. The van der Waals surface area contributed by atoms with Gasteiger partial charge in [0.25, 0.3) is 0 Å². The summed E-state index contributed by atoms with van der Waals surface area (Å²) < 4.78 is 31.2. The van der Waals surface area contributed by atoms with Gasteiger partial charge in [-0.05, 0) is 44.4 Å². The molecule has 8 heteroatoms. The SMILES string of the molecule is C[C@]1(NC(=O)Cn2c([C@@H]3CCCO3)cc3cccnc32)CCS(=O)(=O)C1. The lowest BCUT2D eigenvalue weighted by Crippen LogP contribution is -2.48. The van der Waals surface area contributed by atoms with E-state index in [1.807, 2.05) is 22.8 Å². The molecule has 1 amide bonds. The van der Waals surface area contributed by atoms with E-state index in [0.717, 1.165) is 36.2 Å². The molecule has 0 aromatic carbocycles. The fraction of sp³-hybridized carbons (Fsp3) is 0.556. The molecule has 2 aromatic heterocycles. The first-order chi connectivity index (χ1) is 12.4. The van der Waals surface area contributed by atoms with Gasteiger partial charge in [-0.25, -0.2) is 13.4 Å². The molecule has 2 fully saturated rings. The van der Waals surface area contributed by atoms with Crippen molar-refractivity contribution in [1.82, 2.24) is 14.9 Å². The average molecular weight is 377 g/mol. The van der Waals surface area contributed by atoms with E-state index in [-0.39, 0.29) is 30.1 Å². The molecule has 1 N–H and O–H groups in total. The van der Waals surface area contributed by atoms with Gasteiger partial charge < -0.3 is 14.6 Å². The summed E-state index contributed by atoms with van der Waals surface area (Å²) in [7, 11) is -3.07. The molecule has 2 aliphatic rings. The summed E-state index contributed by atoms with van der Waals surface area (Å²) in [6, 6.07) is 5.88. The van der Waals surface area contributed by atoms with Crippen LogP contribution in [-0.4, -0.2) is 47.5 Å². The quantitative estimate of drug-likeness (QED) is 0.874. The number of carbonyl (C=O) groups excluding carboxylic acids is 1. The summed E-state index contributed by atoms with van der Waals surface area (Å²) in [6.07, 6.45) is 4.06. The van der Waals surface area contributed by atoms with Crippen LogP contribution >= 0.6 is 0 Å². The number of rotatable bonds is 4. The van der Waals surface area contributed by atoms with Crippen LogP contribution < -0.4 is 5.32 Å². The van der Waals surface area contributed by atoms with E-state index >= 15 is 0 Å². The number of sulfone groups is 1. The van der Waals surface area contributed by atoms with Crippen molar-refractivity contribution in [3.05, 3.63) is 30.1 Å². The Morgan fingerprint density at radius 3 is 3.04 bits per heavy atom. The monoisotopic (exact) mass is 377 g/mol. The second kappa shape index (κ2) is 6.35. The Morgan fingerprint density at radius 2 is 2.35 bits per heavy atom. The van der Waals surface area contributed by atoms with Crippen LogP contribution in [0, 0.1) is 0 Å². The highest BCUT2D eigenvalue weighted by Gasteiger charge is 2.39. The molecular formula is C18H23N3O4S. The van der Waals surface area contributed by atoms with Crippen LogP contribution in [0.4, 0.5) is 0 Å². The van der Waals surface area contributed by atoms with E-state index in [9.17, 15) is 13.2 Å². The molecule has 0 unspecified atom stereocenters. The van der Waals surface area contributed by atoms with E-state index < -0.39 is 15.4 Å². The van der Waals surface area contributed by atoms with Crippen LogP contribution in [0.3, 0.4) is 0 Å². The zero-order valence-electron chi connectivity index (χ0n) is 14.8. The minimum atomic E-state index is -3.07. The first kappa shape index (κ1) is 17.5. The topological polar surface area (TPSA) is 90.3 Å². The Labute approximate surface area is 152 Å². The van der Waals surface area contributed by atoms with Gasteiger partial charge in [0.05, 0.1) is 23.1 Å². The van der Waals surface area contributed by atoms with Crippen LogP contribution in [0.25, 0.3) is 11.0 Å². The summed E-state index contributed by atoms with van der Waals surface area (Å²) in [5.74, 6) is -0.0828. The third-order valence-corrected chi connectivity index (χ3v) is 7.10. The van der Waals surface area contributed by atoms with Crippen molar-refractivity contribution in [3.8, 4) is 0 Å². The van der Waals surface area contributed by atoms with Gasteiger partial charge in [-0.15, -0.1) is 0 Å². The van der Waals surface area contributed by atoms with Crippen LogP contribution in [0.1, 0.15) is 38.0 Å². The Balaban J connectivity index is 1.60. The molecule has 0 radical (unpaired) electrons. The van der Waals surface area contributed by atoms with Gasteiger partial charge in [0.2, 0.25) is 5.91 Å². The molecule has 140 valence electrons. The lowest BCUT2D eigenvalue weighted by atomic mass is 10.0. The third-order valence-electron chi connectivity index (χ3n) is 5.19. The molecule has 2 saturated heterocycles. The number of ether oxygens (including phenoxy) is 1. The Kier molecular flexibility index (Phi) is 4.27. The highest BCUT2D eigenvalue weighted by Crippen LogP contribution is 2.32. The molecule has 4 heterocycles. The summed E-state index contributed by atoms with van der Waals surface area (Å²) in [5, 5.41) is 3.90. The van der Waals surface area contributed by atoms with E-state index in [0.29, 0.717) is 6.42 Å². The molecule has 2 atom stereocenters. The predicted octanol–water partition coefficient (Wildman–Crippen LogP) is 1.58. The Morgan fingerprint density at radius 1 is 1.50 bits per heavy atom. The van der Waals surface area contributed by atoms with E-state index in [2.05, 4.69) is 10.3 Å². The fourth-order valence-corrected chi connectivity index (χ4v) is 6.07. The fourth-order valence-electron chi connectivity index (χ4n) is 3.98. The number of fused-ring (bicyclic) bond motifs is 1. The van der Waals surface area contributed by atoms with Crippen LogP contribution in [0.5, 0.6) is 0 Å². The lowest BCUT2D eigenvalue weighted by molar-refractivity contribution is -0.123. The van der Waals surface area contributed by atoms with Crippen LogP contribution in [-0.2, 0) is 25.9 Å². The lowest BCUT2D eigenvalue weighted by Gasteiger charge is -2.24. The number of amides is 1. The van der Waals surface area contributed by atoms with Crippen molar-refractivity contribution in [2.75, 3.05) is 18.1 Å². The second-order valence-electron chi connectivity index (χ2n) is 7.52. The normalized spacial score (nSPS) is 27.8. The molecule has 0 bridgehead atoms. The standard InChI is InChI=1S/C18H23N3O4S/c1-18(6-9-26(23,24)12-18)20-16(22)11-21-14(15-5-3-8-25-15)10-13-4-2-7-19-17(13)21/h2,4,7,10,15H,3,5-6,8-9,11-12H2,1H3,(H,20,22)/t15-,18-/m0/s1. The number of nitrogens with zero attached hydrogens (tertiary/aromatic N) is 2. The van der Waals surface area contributed by atoms with Crippen LogP contribution in [0.15, 0.2) is 24.4 Å². The number of aromatic nitrogens is 2. The van der Waals surface area contributed by atoms with Gasteiger partial charge in [0, 0.05) is 23.9 Å². The smallest absolute Gasteiger partial charge is 0.240 e. The minimum absolute atomic E-state index is 0.00495. The molecule has 4 rings (SSSR count). The first-order valence-electron chi connectivity index (χ1n) is 8.92. The predicted molar refractivity (Wildman–Crippen MR) is 97.5 cm³/mol. The summed E-state index contributed by atoms with van der Waals surface area (Å²) >= 11 is 0. The highest BCUT2D eigenvalue weighted by molar-refractivity contribution is 7.91. The zero-order chi connectivity index (χ0) is 18.4.